The van der Waals surface area contributed by atoms with Crippen molar-refractivity contribution in [3.05, 3.63) is 29.3 Å². The molecule has 0 amide bonds. The zero-order valence-electron chi connectivity index (χ0n) is 10.0. The van der Waals surface area contributed by atoms with E-state index in [1.165, 1.54) is 6.07 Å². The average Bonchev–Trinajstić information content (AvgIpc) is 2.56. The summed E-state index contributed by atoms with van der Waals surface area (Å²) in [5.41, 5.74) is 7.35. The van der Waals surface area contributed by atoms with Gasteiger partial charge in [0.15, 0.2) is 9.84 Å². The Morgan fingerprint density at radius 1 is 1.39 bits per heavy atom. The summed E-state index contributed by atoms with van der Waals surface area (Å²) < 4.78 is 27.7. The van der Waals surface area contributed by atoms with Crippen molar-refractivity contribution in [2.45, 2.75) is 19.4 Å². The molecule has 2 N–H and O–H groups in total. The van der Waals surface area contributed by atoms with Gasteiger partial charge in [-0.1, -0.05) is 0 Å². The minimum absolute atomic E-state index is 0.0833. The molecule has 5 nitrogen and oxygen atoms in total. The van der Waals surface area contributed by atoms with E-state index in [9.17, 15) is 13.2 Å². The third-order valence-electron chi connectivity index (χ3n) is 2.80. The molecule has 6 heteroatoms. The van der Waals surface area contributed by atoms with Crippen molar-refractivity contribution in [1.29, 1.82) is 0 Å². The van der Waals surface area contributed by atoms with Crippen LogP contribution in [0.25, 0.3) is 0 Å². The van der Waals surface area contributed by atoms with E-state index < -0.39 is 21.9 Å². The van der Waals surface area contributed by atoms with Crippen LogP contribution in [0.3, 0.4) is 0 Å². The molecule has 2 rings (SSSR count). The molecule has 0 aliphatic carbocycles. The lowest BCUT2D eigenvalue weighted by Gasteiger charge is -2.11. The first kappa shape index (κ1) is 12.9. The fourth-order valence-corrected chi connectivity index (χ4v) is 3.59. The number of esters is 1. The second-order valence-electron chi connectivity index (χ2n) is 4.56. The molecular formula is C12H15NO4S. The lowest BCUT2D eigenvalue weighted by molar-refractivity contribution is 0.0356. The summed E-state index contributed by atoms with van der Waals surface area (Å²) in [6.07, 6.45) is -0.167. The Hall–Kier alpha value is -1.56. The van der Waals surface area contributed by atoms with Gasteiger partial charge in [-0.25, -0.2) is 13.2 Å². The molecule has 1 aromatic carbocycles. The van der Waals surface area contributed by atoms with Crippen LogP contribution in [0, 0.1) is 6.92 Å². The van der Waals surface area contributed by atoms with Gasteiger partial charge in [0.1, 0.15) is 6.10 Å². The highest BCUT2D eigenvalue weighted by atomic mass is 32.2. The van der Waals surface area contributed by atoms with Gasteiger partial charge in [0.25, 0.3) is 0 Å². The van der Waals surface area contributed by atoms with Crippen molar-refractivity contribution in [2.75, 3.05) is 17.2 Å². The van der Waals surface area contributed by atoms with Crippen molar-refractivity contribution < 1.29 is 17.9 Å². The van der Waals surface area contributed by atoms with Crippen molar-refractivity contribution >= 4 is 21.5 Å². The van der Waals surface area contributed by atoms with Crippen molar-refractivity contribution in [2.24, 2.45) is 0 Å². The summed E-state index contributed by atoms with van der Waals surface area (Å²) in [6, 6.07) is 4.94. The first-order valence-corrected chi connectivity index (χ1v) is 7.46. The quantitative estimate of drug-likeness (QED) is 0.637. The molecule has 1 aliphatic rings. The Bertz CT molecular complexity index is 559. The Balaban J connectivity index is 2.08. The van der Waals surface area contributed by atoms with E-state index in [1.807, 2.05) is 6.92 Å². The van der Waals surface area contributed by atoms with E-state index in [0.717, 1.165) is 5.56 Å². The fourth-order valence-electron chi connectivity index (χ4n) is 2.00. The molecule has 18 heavy (non-hydrogen) atoms. The maximum absolute atomic E-state index is 11.8. The van der Waals surface area contributed by atoms with Crippen molar-refractivity contribution in [1.82, 2.24) is 0 Å². The van der Waals surface area contributed by atoms with Gasteiger partial charge in [-0.15, -0.1) is 0 Å². The second kappa shape index (κ2) is 4.61. The smallest absolute Gasteiger partial charge is 0.338 e. The lowest BCUT2D eigenvalue weighted by Crippen LogP contribution is -2.19. The molecule has 1 unspecified atom stereocenters. The van der Waals surface area contributed by atoms with Gasteiger partial charge in [0.2, 0.25) is 0 Å². The average molecular weight is 269 g/mol. The molecule has 1 aliphatic heterocycles. The molecule has 1 saturated heterocycles. The monoisotopic (exact) mass is 269 g/mol. The SMILES string of the molecule is Cc1cc(N)cc(C(=O)OC2CCS(=O)(=O)C2)c1. The number of hydrogen-bond donors (Lipinski definition) is 1. The summed E-state index contributed by atoms with van der Waals surface area (Å²) >= 11 is 0. The number of hydrogen-bond acceptors (Lipinski definition) is 5. The maximum Gasteiger partial charge on any atom is 0.338 e. The van der Waals surface area contributed by atoms with Crippen LogP contribution in [-0.4, -0.2) is 32.0 Å². The van der Waals surface area contributed by atoms with E-state index >= 15 is 0 Å². The van der Waals surface area contributed by atoms with Gasteiger partial charge in [0.05, 0.1) is 17.1 Å². The molecule has 0 aromatic heterocycles. The van der Waals surface area contributed by atoms with E-state index in [4.69, 9.17) is 10.5 Å². The predicted octanol–water partition coefficient (Wildman–Crippen LogP) is 0.921. The number of sulfone groups is 1. The highest BCUT2D eigenvalue weighted by molar-refractivity contribution is 7.91. The zero-order valence-corrected chi connectivity index (χ0v) is 10.9. The zero-order chi connectivity index (χ0) is 13.3. The van der Waals surface area contributed by atoms with Gasteiger partial charge >= 0.3 is 5.97 Å². The molecule has 98 valence electrons. The largest absolute Gasteiger partial charge is 0.458 e. The summed E-state index contributed by atoms with van der Waals surface area (Å²) in [6.45, 7) is 1.83. The molecule has 0 saturated carbocycles. The van der Waals surface area contributed by atoms with Crippen LogP contribution in [0.5, 0.6) is 0 Å². The standard InChI is InChI=1S/C12H15NO4S/c1-8-4-9(6-10(13)5-8)12(14)17-11-2-3-18(15,16)7-11/h4-6,11H,2-3,7,13H2,1H3. The maximum atomic E-state index is 11.8. The highest BCUT2D eigenvalue weighted by Gasteiger charge is 2.30. The highest BCUT2D eigenvalue weighted by Crippen LogP contribution is 2.18. The van der Waals surface area contributed by atoms with Crippen LogP contribution < -0.4 is 5.73 Å². The van der Waals surface area contributed by atoms with Crippen LogP contribution in [0.4, 0.5) is 5.69 Å². The molecule has 1 aromatic rings. The Kier molecular flexibility index (Phi) is 3.30. The lowest BCUT2D eigenvalue weighted by atomic mass is 10.1. The van der Waals surface area contributed by atoms with Gasteiger partial charge < -0.3 is 10.5 Å². The third kappa shape index (κ3) is 3.01. The minimum Gasteiger partial charge on any atom is -0.458 e. The molecule has 0 spiro atoms. The van der Waals surface area contributed by atoms with Crippen LogP contribution in [0.2, 0.25) is 0 Å². The number of aryl methyl sites for hydroxylation is 1. The van der Waals surface area contributed by atoms with Gasteiger partial charge in [0, 0.05) is 5.69 Å². The predicted molar refractivity (Wildman–Crippen MR) is 68.1 cm³/mol. The summed E-state index contributed by atoms with van der Waals surface area (Å²) in [4.78, 5) is 11.8. The number of benzene rings is 1. The van der Waals surface area contributed by atoms with Gasteiger partial charge in [-0.3, -0.25) is 0 Å². The van der Waals surface area contributed by atoms with E-state index in [0.29, 0.717) is 17.7 Å². The van der Waals surface area contributed by atoms with Crippen LogP contribution >= 0.6 is 0 Å². The summed E-state index contributed by atoms with van der Waals surface area (Å²) in [7, 11) is -3.04. The number of carbonyl (C=O) groups is 1. The Morgan fingerprint density at radius 2 is 2.11 bits per heavy atom. The van der Waals surface area contributed by atoms with Crippen LogP contribution in [-0.2, 0) is 14.6 Å². The topological polar surface area (TPSA) is 86.5 Å². The first-order chi connectivity index (χ1) is 8.35. The summed E-state index contributed by atoms with van der Waals surface area (Å²) in [5, 5.41) is 0. The number of carbonyl (C=O) groups excluding carboxylic acids is 1. The van der Waals surface area contributed by atoms with Crippen LogP contribution in [0.1, 0.15) is 22.3 Å². The molecular weight excluding hydrogens is 254 g/mol. The fraction of sp³-hybridized carbons (Fsp3) is 0.417. The number of anilines is 1. The minimum atomic E-state index is -3.04. The molecule has 0 bridgehead atoms. The molecule has 1 fully saturated rings. The van der Waals surface area contributed by atoms with Gasteiger partial charge in [-0.2, -0.15) is 0 Å². The third-order valence-corrected chi connectivity index (χ3v) is 4.54. The summed E-state index contributed by atoms with van der Waals surface area (Å²) in [5.74, 6) is -0.520. The Morgan fingerprint density at radius 3 is 2.67 bits per heavy atom. The number of rotatable bonds is 2. The second-order valence-corrected chi connectivity index (χ2v) is 6.79. The van der Waals surface area contributed by atoms with Gasteiger partial charge in [-0.05, 0) is 37.1 Å². The van der Waals surface area contributed by atoms with E-state index in [1.54, 1.807) is 12.1 Å². The van der Waals surface area contributed by atoms with Crippen molar-refractivity contribution in [3.8, 4) is 0 Å². The Labute approximate surface area is 106 Å². The number of nitrogens with two attached hydrogens (primary N) is 1. The van der Waals surface area contributed by atoms with E-state index in [2.05, 4.69) is 0 Å². The normalized spacial score (nSPS) is 21.7. The molecule has 1 atom stereocenters. The number of ether oxygens (including phenoxy) is 1. The molecule has 0 radical (unpaired) electrons. The molecule has 1 heterocycles. The van der Waals surface area contributed by atoms with Crippen molar-refractivity contribution in [3.63, 3.8) is 0 Å². The van der Waals surface area contributed by atoms with Crippen LogP contribution in [0.15, 0.2) is 18.2 Å². The van der Waals surface area contributed by atoms with E-state index in [-0.39, 0.29) is 11.5 Å². The first-order valence-electron chi connectivity index (χ1n) is 5.64. The number of nitrogen functional groups attached to an aromatic ring is 1.